The standard InChI is InChI=1S/C21H26N2O5/c1-2-21(22,20(25)26)18(24)15-9-6-10-17(11-15)27-12-16-13-28-19(23-16)14-7-4-3-5-8-14/h3-5,7-8,13,15,17H,2,6,9-12,22H2,1H3,(H,25,26). The average molecular weight is 386 g/mol. The number of hydrogen-bond acceptors (Lipinski definition) is 6. The molecule has 0 saturated heterocycles. The number of Topliss-reactive ketones (excluding diaryl/α,β-unsaturated/α-hetero) is 1. The van der Waals surface area contributed by atoms with Gasteiger partial charge in [0.15, 0.2) is 11.3 Å². The summed E-state index contributed by atoms with van der Waals surface area (Å²) in [5.74, 6) is -1.52. The van der Waals surface area contributed by atoms with E-state index in [1.807, 2.05) is 30.3 Å². The fraction of sp³-hybridized carbons (Fsp3) is 0.476. The molecule has 0 bridgehead atoms. The molecule has 0 spiro atoms. The predicted molar refractivity (Wildman–Crippen MR) is 102 cm³/mol. The van der Waals surface area contributed by atoms with Crippen LogP contribution in [0, 0.1) is 5.92 Å². The van der Waals surface area contributed by atoms with E-state index in [2.05, 4.69) is 4.98 Å². The number of rotatable bonds is 8. The van der Waals surface area contributed by atoms with Gasteiger partial charge in [-0.2, -0.15) is 0 Å². The maximum Gasteiger partial charge on any atom is 0.331 e. The Morgan fingerprint density at radius 2 is 2.07 bits per heavy atom. The Balaban J connectivity index is 1.58. The highest BCUT2D eigenvalue weighted by Gasteiger charge is 2.44. The normalized spacial score (nSPS) is 21.8. The van der Waals surface area contributed by atoms with Crippen molar-refractivity contribution in [1.29, 1.82) is 0 Å². The average Bonchev–Trinajstić information content (AvgIpc) is 3.21. The summed E-state index contributed by atoms with van der Waals surface area (Å²) in [5.41, 5.74) is 5.63. The quantitative estimate of drug-likeness (QED) is 0.669. The summed E-state index contributed by atoms with van der Waals surface area (Å²) in [6, 6.07) is 9.60. The van der Waals surface area contributed by atoms with E-state index < -0.39 is 23.2 Å². The maximum absolute atomic E-state index is 12.7. The van der Waals surface area contributed by atoms with Gasteiger partial charge in [-0.1, -0.05) is 31.5 Å². The number of carboxylic acids is 1. The van der Waals surface area contributed by atoms with Gasteiger partial charge in [0.25, 0.3) is 0 Å². The van der Waals surface area contributed by atoms with Gasteiger partial charge in [-0.25, -0.2) is 9.78 Å². The molecule has 28 heavy (non-hydrogen) atoms. The largest absolute Gasteiger partial charge is 0.480 e. The van der Waals surface area contributed by atoms with E-state index in [0.29, 0.717) is 24.4 Å². The van der Waals surface area contributed by atoms with Crippen LogP contribution < -0.4 is 5.73 Å². The molecule has 3 atom stereocenters. The minimum absolute atomic E-state index is 0.0738. The Kier molecular flexibility index (Phi) is 6.26. The molecule has 1 aliphatic carbocycles. The van der Waals surface area contributed by atoms with Gasteiger partial charge in [-0.15, -0.1) is 0 Å². The number of nitrogens with two attached hydrogens (primary N) is 1. The van der Waals surface area contributed by atoms with Crippen molar-refractivity contribution in [2.45, 2.75) is 57.3 Å². The van der Waals surface area contributed by atoms with Crippen molar-refractivity contribution in [2.24, 2.45) is 11.7 Å². The first kappa shape index (κ1) is 20.2. The highest BCUT2D eigenvalue weighted by Crippen LogP contribution is 2.31. The Morgan fingerprint density at radius 1 is 1.32 bits per heavy atom. The summed E-state index contributed by atoms with van der Waals surface area (Å²) in [5, 5.41) is 9.35. The van der Waals surface area contributed by atoms with Crippen LogP contribution in [-0.2, 0) is 20.9 Å². The predicted octanol–water partition coefficient (Wildman–Crippen LogP) is 3.18. The van der Waals surface area contributed by atoms with Gasteiger partial charge in [0.05, 0.1) is 12.7 Å². The van der Waals surface area contributed by atoms with Crippen LogP contribution in [0.25, 0.3) is 11.5 Å². The Hall–Kier alpha value is -2.51. The first-order valence-corrected chi connectivity index (χ1v) is 9.62. The highest BCUT2D eigenvalue weighted by molar-refractivity contribution is 6.08. The smallest absolute Gasteiger partial charge is 0.331 e. The van der Waals surface area contributed by atoms with Crippen LogP contribution in [0.2, 0.25) is 0 Å². The van der Waals surface area contributed by atoms with Crippen molar-refractivity contribution < 1.29 is 23.8 Å². The molecule has 1 aromatic heterocycles. The molecule has 7 nitrogen and oxygen atoms in total. The van der Waals surface area contributed by atoms with E-state index >= 15 is 0 Å². The fourth-order valence-electron chi connectivity index (χ4n) is 3.62. The molecule has 0 amide bonds. The molecular weight excluding hydrogens is 360 g/mol. The molecule has 3 N–H and O–H groups in total. The Labute approximate surface area is 163 Å². The van der Waals surface area contributed by atoms with Gasteiger partial charge in [-0.05, 0) is 37.8 Å². The molecule has 1 aliphatic rings. The summed E-state index contributed by atoms with van der Waals surface area (Å²) in [6.07, 6.45) is 4.26. The van der Waals surface area contributed by atoms with Crippen molar-refractivity contribution in [3.05, 3.63) is 42.3 Å². The second-order valence-electron chi connectivity index (χ2n) is 7.30. The van der Waals surface area contributed by atoms with Gasteiger partial charge in [0, 0.05) is 11.5 Å². The number of aliphatic carboxylic acids is 1. The number of benzene rings is 1. The lowest BCUT2D eigenvalue weighted by Gasteiger charge is -2.32. The van der Waals surface area contributed by atoms with Crippen LogP contribution in [0.1, 0.15) is 44.7 Å². The first-order chi connectivity index (χ1) is 13.4. The number of carbonyl (C=O) groups is 2. The molecule has 0 radical (unpaired) electrons. The maximum atomic E-state index is 12.7. The van der Waals surface area contributed by atoms with Crippen molar-refractivity contribution >= 4 is 11.8 Å². The fourth-order valence-corrected chi connectivity index (χ4v) is 3.62. The molecule has 1 saturated carbocycles. The van der Waals surface area contributed by atoms with Crippen molar-refractivity contribution in [1.82, 2.24) is 4.98 Å². The molecule has 1 aromatic carbocycles. The number of carbonyl (C=O) groups excluding carboxylic acids is 1. The Morgan fingerprint density at radius 3 is 2.75 bits per heavy atom. The number of ketones is 1. The lowest BCUT2D eigenvalue weighted by Crippen LogP contribution is -2.57. The SMILES string of the molecule is CCC(N)(C(=O)O)C(=O)C1CCCC(OCc2coc(-c3ccccc3)n2)C1. The van der Waals surface area contributed by atoms with E-state index in [4.69, 9.17) is 14.9 Å². The van der Waals surface area contributed by atoms with E-state index in [1.165, 1.54) is 0 Å². The molecule has 1 heterocycles. The Bertz CT molecular complexity index is 819. The van der Waals surface area contributed by atoms with Crippen molar-refractivity contribution in [3.8, 4) is 11.5 Å². The number of ether oxygens (including phenoxy) is 1. The molecule has 150 valence electrons. The van der Waals surface area contributed by atoms with Crippen LogP contribution in [-0.4, -0.2) is 33.5 Å². The molecular formula is C21H26N2O5. The summed E-state index contributed by atoms with van der Waals surface area (Å²) in [4.78, 5) is 28.6. The molecule has 2 aromatic rings. The van der Waals surface area contributed by atoms with E-state index in [1.54, 1.807) is 13.2 Å². The zero-order chi connectivity index (χ0) is 20.1. The molecule has 3 unspecified atom stereocenters. The third kappa shape index (κ3) is 4.31. The minimum Gasteiger partial charge on any atom is -0.480 e. The number of hydrogen-bond donors (Lipinski definition) is 2. The van der Waals surface area contributed by atoms with Gasteiger partial charge in [0.1, 0.15) is 12.0 Å². The van der Waals surface area contributed by atoms with E-state index in [-0.39, 0.29) is 19.1 Å². The molecule has 7 heteroatoms. The molecule has 1 fully saturated rings. The zero-order valence-corrected chi connectivity index (χ0v) is 16.0. The topological polar surface area (TPSA) is 116 Å². The number of nitrogens with zero attached hydrogens (tertiary/aromatic N) is 1. The number of carboxylic acid groups (broad SMARTS) is 1. The summed E-state index contributed by atoms with van der Waals surface area (Å²) >= 11 is 0. The molecule has 3 rings (SSSR count). The van der Waals surface area contributed by atoms with E-state index in [9.17, 15) is 14.7 Å². The summed E-state index contributed by atoms with van der Waals surface area (Å²) < 4.78 is 11.5. The van der Waals surface area contributed by atoms with E-state index in [0.717, 1.165) is 18.4 Å². The minimum atomic E-state index is -1.82. The van der Waals surface area contributed by atoms with Gasteiger partial charge in [-0.3, -0.25) is 4.79 Å². The van der Waals surface area contributed by atoms with Crippen molar-refractivity contribution in [3.63, 3.8) is 0 Å². The second kappa shape index (κ2) is 8.67. The highest BCUT2D eigenvalue weighted by atomic mass is 16.5. The molecule has 0 aliphatic heterocycles. The lowest BCUT2D eigenvalue weighted by atomic mass is 9.76. The van der Waals surface area contributed by atoms with Gasteiger partial charge in [0.2, 0.25) is 5.89 Å². The first-order valence-electron chi connectivity index (χ1n) is 9.62. The summed E-state index contributed by atoms with van der Waals surface area (Å²) in [6.45, 7) is 1.90. The van der Waals surface area contributed by atoms with Crippen LogP contribution in [0.3, 0.4) is 0 Å². The number of aromatic nitrogens is 1. The summed E-state index contributed by atoms with van der Waals surface area (Å²) in [7, 11) is 0. The van der Waals surface area contributed by atoms with Crippen LogP contribution in [0.5, 0.6) is 0 Å². The lowest BCUT2D eigenvalue weighted by molar-refractivity contribution is -0.151. The van der Waals surface area contributed by atoms with Gasteiger partial charge < -0.3 is 20.0 Å². The van der Waals surface area contributed by atoms with Crippen LogP contribution in [0.4, 0.5) is 0 Å². The third-order valence-electron chi connectivity index (χ3n) is 5.42. The van der Waals surface area contributed by atoms with Gasteiger partial charge >= 0.3 is 5.97 Å². The van der Waals surface area contributed by atoms with Crippen molar-refractivity contribution in [2.75, 3.05) is 0 Å². The monoisotopic (exact) mass is 386 g/mol. The van der Waals surface area contributed by atoms with Crippen LogP contribution in [0.15, 0.2) is 41.0 Å². The number of oxazole rings is 1. The van der Waals surface area contributed by atoms with Crippen LogP contribution >= 0.6 is 0 Å². The second-order valence-corrected chi connectivity index (χ2v) is 7.30. The zero-order valence-electron chi connectivity index (χ0n) is 16.0. The third-order valence-corrected chi connectivity index (χ3v) is 5.42.